The molecule has 2 amide bonds. The van der Waals surface area contributed by atoms with Crippen molar-refractivity contribution in [2.75, 3.05) is 13.1 Å². The van der Waals surface area contributed by atoms with Gasteiger partial charge in [0.1, 0.15) is 17.1 Å². The summed E-state index contributed by atoms with van der Waals surface area (Å²) in [5.41, 5.74) is -2.96. The van der Waals surface area contributed by atoms with Crippen LogP contribution in [0.2, 0.25) is 0 Å². The first-order chi connectivity index (χ1) is 14.1. The molecular formula is C19H14F4N5O2+. The highest BCUT2D eigenvalue weighted by atomic mass is 19.4. The zero-order valence-corrected chi connectivity index (χ0v) is 15.5. The first kappa shape index (κ1) is 18.5. The Bertz CT molecular complexity index is 1230. The summed E-state index contributed by atoms with van der Waals surface area (Å²) in [5.74, 6) is -1.66. The van der Waals surface area contributed by atoms with E-state index < -0.39 is 40.7 Å². The van der Waals surface area contributed by atoms with Crippen molar-refractivity contribution in [3.05, 3.63) is 53.6 Å². The Morgan fingerprint density at radius 3 is 2.57 bits per heavy atom. The van der Waals surface area contributed by atoms with Crippen LogP contribution in [0.5, 0.6) is 0 Å². The SMILES string of the molecule is CC12C(=O)NCCN1C(=O)c1cn3nc(-c4ccc(F)cc4)cc(C(F)(F)F)c3[n+]12. The van der Waals surface area contributed by atoms with E-state index in [4.69, 9.17) is 0 Å². The van der Waals surface area contributed by atoms with E-state index in [-0.39, 0.29) is 30.0 Å². The number of imidazole rings is 1. The van der Waals surface area contributed by atoms with Crippen LogP contribution in [-0.2, 0) is 16.6 Å². The van der Waals surface area contributed by atoms with Crippen LogP contribution in [0.4, 0.5) is 17.6 Å². The van der Waals surface area contributed by atoms with Gasteiger partial charge in [-0.15, -0.1) is 0 Å². The van der Waals surface area contributed by atoms with Gasteiger partial charge in [-0.3, -0.25) is 14.5 Å². The smallest absolute Gasteiger partial charge is 0.349 e. The number of carbonyl (C=O) groups is 2. The zero-order chi connectivity index (χ0) is 21.4. The van der Waals surface area contributed by atoms with Gasteiger partial charge in [0.25, 0.3) is 11.6 Å². The number of nitrogens with zero attached hydrogens (tertiary/aromatic N) is 4. The van der Waals surface area contributed by atoms with Gasteiger partial charge in [-0.2, -0.15) is 17.7 Å². The van der Waals surface area contributed by atoms with Crippen molar-refractivity contribution in [1.82, 2.24) is 19.8 Å². The van der Waals surface area contributed by atoms with Crippen LogP contribution >= 0.6 is 0 Å². The van der Waals surface area contributed by atoms with Crippen molar-refractivity contribution in [2.24, 2.45) is 0 Å². The van der Waals surface area contributed by atoms with Crippen LogP contribution in [0, 0.1) is 5.82 Å². The predicted octanol–water partition coefficient (Wildman–Crippen LogP) is 1.70. The number of halogens is 4. The molecule has 154 valence electrons. The third kappa shape index (κ3) is 2.31. The lowest BCUT2D eigenvalue weighted by Crippen LogP contribution is -2.71. The molecular weight excluding hydrogens is 406 g/mol. The van der Waals surface area contributed by atoms with Crippen LogP contribution in [0.25, 0.3) is 16.9 Å². The molecule has 11 heteroatoms. The van der Waals surface area contributed by atoms with Gasteiger partial charge in [-0.25, -0.2) is 4.39 Å². The largest absolute Gasteiger partial charge is 0.424 e. The summed E-state index contributed by atoms with van der Waals surface area (Å²) in [6.07, 6.45) is -3.60. The number of aromatic nitrogens is 3. The molecule has 3 aromatic rings. The number of alkyl halides is 3. The van der Waals surface area contributed by atoms with Crippen molar-refractivity contribution >= 4 is 17.5 Å². The van der Waals surface area contributed by atoms with Gasteiger partial charge in [-0.1, -0.05) is 9.61 Å². The number of hydrogen-bond donors (Lipinski definition) is 1. The molecule has 5 rings (SSSR count). The Morgan fingerprint density at radius 1 is 1.20 bits per heavy atom. The summed E-state index contributed by atoms with van der Waals surface area (Å²) in [6.45, 7) is 1.80. The number of carbonyl (C=O) groups excluding carboxylic acids is 2. The van der Waals surface area contributed by atoms with Gasteiger partial charge in [-0.05, 0) is 30.3 Å². The topological polar surface area (TPSA) is 70.6 Å². The fourth-order valence-electron chi connectivity index (χ4n) is 4.13. The highest BCUT2D eigenvalue weighted by molar-refractivity contribution is 5.98. The molecule has 0 aliphatic carbocycles. The van der Waals surface area contributed by atoms with E-state index in [1.165, 1.54) is 30.2 Å². The normalized spacial score (nSPS) is 21.0. The number of piperazine rings is 1. The maximum Gasteiger partial charge on any atom is 0.424 e. The van der Waals surface area contributed by atoms with Crippen LogP contribution < -0.4 is 9.88 Å². The number of benzene rings is 1. The van der Waals surface area contributed by atoms with Gasteiger partial charge in [0.05, 0.1) is 0 Å². The summed E-state index contributed by atoms with van der Waals surface area (Å²) in [4.78, 5) is 26.8. The summed E-state index contributed by atoms with van der Waals surface area (Å²) in [6, 6.07) is 5.71. The highest BCUT2D eigenvalue weighted by Gasteiger charge is 2.61. The monoisotopic (exact) mass is 420 g/mol. The zero-order valence-electron chi connectivity index (χ0n) is 15.5. The van der Waals surface area contributed by atoms with Crippen molar-refractivity contribution in [3.8, 4) is 11.3 Å². The van der Waals surface area contributed by atoms with Crippen molar-refractivity contribution in [2.45, 2.75) is 18.8 Å². The average Bonchev–Trinajstić information content (AvgIpc) is 3.17. The number of nitrogens with one attached hydrogen (secondary N) is 1. The van der Waals surface area contributed by atoms with Gasteiger partial charge in [0.15, 0.2) is 6.20 Å². The number of amides is 2. The van der Waals surface area contributed by atoms with Crippen LogP contribution in [-0.4, -0.2) is 39.4 Å². The molecule has 1 fully saturated rings. The Balaban J connectivity index is 1.84. The molecule has 1 aromatic carbocycles. The molecule has 2 aromatic heterocycles. The van der Waals surface area contributed by atoms with Crippen LogP contribution in [0.15, 0.2) is 36.5 Å². The second-order valence-electron chi connectivity index (χ2n) is 7.30. The molecule has 2 aliphatic heterocycles. The summed E-state index contributed by atoms with van der Waals surface area (Å²) < 4.78 is 57.4. The summed E-state index contributed by atoms with van der Waals surface area (Å²) in [7, 11) is 0. The van der Waals surface area contributed by atoms with Crippen molar-refractivity contribution in [3.63, 3.8) is 0 Å². The Kier molecular flexibility index (Phi) is 3.56. The molecule has 4 heterocycles. The molecule has 0 spiro atoms. The van der Waals surface area contributed by atoms with E-state index in [1.54, 1.807) is 0 Å². The minimum absolute atomic E-state index is 0.0494. The molecule has 7 nitrogen and oxygen atoms in total. The summed E-state index contributed by atoms with van der Waals surface area (Å²) >= 11 is 0. The fourth-order valence-corrected chi connectivity index (χ4v) is 4.13. The predicted molar refractivity (Wildman–Crippen MR) is 93.5 cm³/mol. The first-order valence-corrected chi connectivity index (χ1v) is 9.04. The Labute approximate surface area is 166 Å². The number of fused-ring (bicyclic) bond motifs is 5. The third-order valence-electron chi connectivity index (χ3n) is 5.57. The lowest BCUT2D eigenvalue weighted by Gasteiger charge is -2.35. The Hall–Kier alpha value is -3.50. The molecule has 1 saturated heterocycles. The molecule has 30 heavy (non-hydrogen) atoms. The maximum absolute atomic E-state index is 14.1. The lowest BCUT2D eigenvalue weighted by atomic mass is 10.1. The number of rotatable bonds is 1. The molecule has 1 atom stereocenters. The molecule has 0 radical (unpaired) electrons. The minimum atomic E-state index is -4.80. The average molecular weight is 420 g/mol. The summed E-state index contributed by atoms with van der Waals surface area (Å²) in [5, 5.41) is 6.82. The van der Waals surface area contributed by atoms with Gasteiger partial charge < -0.3 is 5.32 Å². The quantitative estimate of drug-likeness (QED) is 0.481. The van der Waals surface area contributed by atoms with Crippen LogP contribution in [0.1, 0.15) is 23.0 Å². The van der Waals surface area contributed by atoms with E-state index >= 15 is 0 Å². The highest BCUT2D eigenvalue weighted by Crippen LogP contribution is 2.37. The molecule has 1 unspecified atom stereocenters. The lowest BCUT2D eigenvalue weighted by molar-refractivity contribution is -0.732. The molecule has 0 bridgehead atoms. The molecule has 0 saturated carbocycles. The molecule has 2 aliphatic rings. The standard InChI is InChI=1S/C19H13F4N5O2/c1-18-17(30)24-6-7-26(18)16(29)14-9-27-15(28(14)18)12(19(21,22)23)8-13(25-27)10-2-4-11(20)5-3-10/h2-5,8-9H,6-7H2,1H3/p+1. The van der Waals surface area contributed by atoms with Crippen molar-refractivity contribution in [1.29, 1.82) is 0 Å². The van der Waals surface area contributed by atoms with Gasteiger partial charge in [0, 0.05) is 25.6 Å². The molecule has 1 N–H and O–H groups in total. The van der Waals surface area contributed by atoms with E-state index in [0.717, 1.165) is 27.3 Å². The first-order valence-electron chi connectivity index (χ1n) is 9.04. The van der Waals surface area contributed by atoms with E-state index in [0.29, 0.717) is 0 Å². The second kappa shape index (κ2) is 5.77. The fraction of sp³-hybridized carbons (Fsp3) is 0.263. The maximum atomic E-state index is 14.1. The van der Waals surface area contributed by atoms with E-state index in [2.05, 4.69) is 10.4 Å². The van der Waals surface area contributed by atoms with E-state index in [1.807, 2.05) is 0 Å². The second-order valence-corrected chi connectivity index (χ2v) is 7.30. The van der Waals surface area contributed by atoms with Gasteiger partial charge >= 0.3 is 17.7 Å². The number of hydrogen-bond acceptors (Lipinski definition) is 3. The van der Waals surface area contributed by atoms with Crippen LogP contribution in [0.3, 0.4) is 0 Å². The third-order valence-corrected chi connectivity index (χ3v) is 5.57. The van der Waals surface area contributed by atoms with Crippen molar-refractivity contribution < 1.29 is 31.7 Å². The van der Waals surface area contributed by atoms with E-state index in [9.17, 15) is 27.2 Å². The Morgan fingerprint density at radius 2 is 1.90 bits per heavy atom. The van der Waals surface area contributed by atoms with Gasteiger partial charge in [0.2, 0.25) is 5.69 Å². The minimum Gasteiger partial charge on any atom is -0.349 e.